The molecule has 2 N–H and O–H groups in total. The number of amides is 1. The van der Waals surface area contributed by atoms with Crippen LogP contribution in [-0.2, 0) is 11.2 Å². The second-order valence-electron chi connectivity index (χ2n) is 5.49. The Morgan fingerprint density at radius 3 is 3.06 bits per heavy atom. The molecule has 0 aromatic carbocycles. The lowest BCUT2D eigenvalue weighted by Crippen LogP contribution is -2.35. The zero-order valence-electron chi connectivity index (χ0n) is 11.0. The summed E-state index contributed by atoms with van der Waals surface area (Å²) in [5.41, 5.74) is 0.393. The van der Waals surface area contributed by atoms with Gasteiger partial charge in [-0.3, -0.25) is 9.89 Å². The number of hydrogen-bond donors (Lipinski definition) is 2. The van der Waals surface area contributed by atoms with Crippen LogP contribution in [0.15, 0.2) is 12.4 Å². The standard InChI is InChI=1S/C13H21N3O2/c1-10-8-16(9-13(10,2)18)12(17)5-3-4-11-6-14-15-7-11/h6-7,10,18H,3-5,8-9H2,1-2H3,(H,14,15). The van der Waals surface area contributed by atoms with E-state index in [9.17, 15) is 9.90 Å². The van der Waals surface area contributed by atoms with Crippen LogP contribution in [0.5, 0.6) is 0 Å². The van der Waals surface area contributed by atoms with Crippen molar-refractivity contribution >= 4 is 5.91 Å². The number of aryl methyl sites for hydroxylation is 1. The number of β-amino-alcohol motifs (C(OH)–C–C–N with tert-alkyl or cyclic N) is 1. The molecule has 0 aliphatic carbocycles. The van der Waals surface area contributed by atoms with Gasteiger partial charge >= 0.3 is 0 Å². The maximum atomic E-state index is 12.0. The van der Waals surface area contributed by atoms with Gasteiger partial charge < -0.3 is 10.0 Å². The van der Waals surface area contributed by atoms with Crippen LogP contribution >= 0.6 is 0 Å². The Morgan fingerprint density at radius 2 is 2.50 bits per heavy atom. The van der Waals surface area contributed by atoms with Gasteiger partial charge in [0.15, 0.2) is 0 Å². The van der Waals surface area contributed by atoms with E-state index in [1.54, 1.807) is 18.0 Å². The van der Waals surface area contributed by atoms with Crippen molar-refractivity contribution in [3.63, 3.8) is 0 Å². The SMILES string of the molecule is CC1CN(C(=O)CCCc2cn[nH]c2)CC1(C)O. The fourth-order valence-corrected chi connectivity index (χ4v) is 2.34. The number of rotatable bonds is 4. The minimum absolute atomic E-state index is 0.142. The van der Waals surface area contributed by atoms with Gasteiger partial charge in [-0.1, -0.05) is 6.92 Å². The van der Waals surface area contributed by atoms with Gasteiger partial charge in [-0.25, -0.2) is 0 Å². The van der Waals surface area contributed by atoms with Crippen molar-refractivity contribution in [2.45, 2.75) is 38.7 Å². The van der Waals surface area contributed by atoms with E-state index in [-0.39, 0.29) is 11.8 Å². The van der Waals surface area contributed by atoms with Gasteiger partial charge in [0, 0.05) is 31.6 Å². The van der Waals surface area contributed by atoms with Gasteiger partial charge in [0.2, 0.25) is 5.91 Å². The van der Waals surface area contributed by atoms with Crippen molar-refractivity contribution in [1.82, 2.24) is 15.1 Å². The lowest BCUT2D eigenvalue weighted by molar-refractivity contribution is -0.131. The lowest BCUT2D eigenvalue weighted by Gasteiger charge is -2.20. The zero-order valence-corrected chi connectivity index (χ0v) is 11.0. The van der Waals surface area contributed by atoms with Crippen molar-refractivity contribution in [2.75, 3.05) is 13.1 Å². The molecular formula is C13H21N3O2. The molecule has 2 heterocycles. The van der Waals surface area contributed by atoms with Crippen molar-refractivity contribution in [2.24, 2.45) is 5.92 Å². The Hall–Kier alpha value is -1.36. The third kappa shape index (κ3) is 2.90. The van der Waals surface area contributed by atoms with Crippen LogP contribution in [0.25, 0.3) is 0 Å². The number of carbonyl (C=O) groups is 1. The van der Waals surface area contributed by atoms with Gasteiger partial charge in [-0.15, -0.1) is 0 Å². The van der Waals surface area contributed by atoms with Crippen LogP contribution in [0.1, 0.15) is 32.3 Å². The van der Waals surface area contributed by atoms with E-state index in [0.29, 0.717) is 19.5 Å². The molecule has 1 aliphatic heterocycles. The molecule has 0 bridgehead atoms. The van der Waals surface area contributed by atoms with E-state index in [1.807, 2.05) is 13.1 Å². The van der Waals surface area contributed by atoms with Gasteiger partial charge in [0.1, 0.15) is 0 Å². The maximum absolute atomic E-state index is 12.0. The summed E-state index contributed by atoms with van der Waals surface area (Å²) in [6.45, 7) is 4.91. The third-order valence-electron chi connectivity index (χ3n) is 3.83. The number of H-pyrrole nitrogens is 1. The zero-order chi connectivity index (χ0) is 13.2. The van der Waals surface area contributed by atoms with Crippen molar-refractivity contribution in [1.29, 1.82) is 0 Å². The molecule has 18 heavy (non-hydrogen) atoms. The quantitative estimate of drug-likeness (QED) is 0.837. The van der Waals surface area contributed by atoms with E-state index in [4.69, 9.17) is 0 Å². The summed E-state index contributed by atoms with van der Waals surface area (Å²) in [6.07, 6.45) is 5.86. The number of hydrogen-bond acceptors (Lipinski definition) is 3. The smallest absolute Gasteiger partial charge is 0.222 e. The van der Waals surface area contributed by atoms with Crippen molar-refractivity contribution in [3.05, 3.63) is 18.0 Å². The molecule has 0 radical (unpaired) electrons. The van der Waals surface area contributed by atoms with Gasteiger partial charge in [-0.2, -0.15) is 5.10 Å². The first-order valence-electron chi connectivity index (χ1n) is 6.47. The summed E-state index contributed by atoms with van der Waals surface area (Å²) in [7, 11) is 0. The number of aromatic nitrogens is 2. The van der Waals surface area contributed by atoms with Crippen LogP contribution in [-0.4, -0.2) is 44.8 Å². The van der Waals surface area contributed by atoms with Crippen LogP contribution in [0, 0.1) is 5.92 Å². The summed E-state index contributed by atoms with van der Waals surface area (Å²) in [6, 6.07) is 0. The maximum Gasteiger partial charge on any atom is 0.222 e. The highest BCUT2D eigenvalue weighted by Crippen LogP contribution is 2.27. The average molecular weight is 251 g/mol. The first-order chi connectivity index (χ1) is 8.49. The molecule has 2 atom stereocenters. The number of likely N-dealkylation sites (tertiary alicyclic amines) is 1. The van der Waals surface area contributed by atoms with Crippen LogP contribution < -0.4 is 0 Å². The van der Waals surface area contributed by atoms with E-state index in [2.05, 4.69) is 10.2 Å². The molecular weight excluding hydrogens is 230 g/mol. The Kier molecular flexibility index (Phi) is 3.71. The molecule has 0 spiro atoms. The fraction of sp³-hybridized carbons (Fsp3) is 0.692. The Labute approximate surface area is 107 Å². The molecule has 2 rings (SSSR count). The summed E-state index contributed by atoms with van der Waals surface area (Å²) < 4.78 is 0. The summed E-state index contributed by atoms with van der Waals surface area (Å²) in [5, 5.41) is 16.7. The Balaban J connectivity index is 1.76. The molecule has 1 aromatic heterocycles. The minimum atomic E-state index is -0.736. The van der Waals surface area contributed by atoms with E-state index < -0.39 is 5.60 Å². The highest BCUT2D eigenvalue weighted by atomic mass is 16.3. The molecule has 1 fully saturated rings. The highest BCUT2D eigenvalue weighted by molar-refractivity contribution is 5.76. The molecule has 1 aromatic rings. The number of aliphatic hydroxyl groups is 1. The van der Waals surface area contributed by atoms with Crippen LogP contribution in [0.4, 0.5) is 0 Å². The van der Waals surface area contributed by atoms with Gasteiger partial charge in [0.25, 0.3) is 0 Å². The second kappa shape index (κ2) is 5.10. The molecule has 1 aliphatic rings. The molecule has 100 valence electrons. The number of nitrogens with one attached hydrogen (secondary N) is 1. The van der Waals surface area contributed by atoms with E-state index in [1.165, 1.54) is 0 Å². The van der Waals surface area contributed by atoms with Crippen molar-refractivity contribution < 1.29 is 9.90 Å². The van der Waals surface area contributed by atoms with E-state index >= 15 is 0 Å². The monoisotopic (exact) mass is 251 g/mol. The third-order valence-corrected chi connectivity index (χ3v) is 3.83. The fourth-order valence-electron chi connectivity index (χ4n) is 2.34. The Bertz CT molecular complexity index is 400. The normalized spacial score (nSPS) is 27.7. The summed E-state index contributed by atoms with van der Waals surface area (Å²) >= 11 is 0. The average Bonchev–Trinajstić information content (AvgIpc) is 2.88. The predicted molar refractivity (Wildman–Crippen MR) is 67.9 cm³/mol. The van der Waals surface area contributed by atoms with Crippen molar-refractivity contribution in [3.8, 4) is 0 Å². The summed E-state index contributed by atoms with van der Waals surface area (Å²) in [5.74, 6) is 0.290. The molecule has 5 nitrogen and oxygen atoms in total. The number of carbonyl (C=O) groups excluding carboxylic acids is 1. The van der Waals surface area contributed by atoms with Crippen LogP contribution in [0.2, 0.25) is 0 Å². The number of aromatic amines is 1. The minimum Gasteiger partial charge on any atom is -0.388 e. The molecule has 1 amide bonds. The summed E-state index contributed by atoms with van der Waals surface area (Å²) in [4.78, 5) is 13.8. The molecule has 2 unspecified atom stereocenters. The molecule has 1 saturated heterocycles. The highest BCUT2D eigenvalue weighted by Gasteiger charge is 2.40. The molecule has 0 saturated carbocycles. The predicted octanol–water partition coefficient (Wildman–Crippen LogP) is 0.962. The van der Waals surface area contributed by atoms with Crippen LogP contribution in [0.3, 0.4) is 0 Å². The van der Waals surface area contributed by atoms with Gasteiger partial charge in [-0.05, 0) is 25.3 Å². The number of nitrogens with zero attached hydrogens (tertiary/aromatic N) is 2. The largest absolute Gasteiger partial charge is 0.388 e. The lowest BCUT2D eigenvalue weighted by atomic mass is 9.95. The first-order valence-corrected chi connectivity index (χ1v) is 6.47. The molecule has 5 heteroatoms. The Morgan fingerprint density at radius 1 is 1.72 bits per heavy atom. The second-order valence-corrected chi connectivity index (χ2v) is 5.49. The van der Waals surface area contributed by atoms with E-state index in [0.717, 1.165) is 18.4 Å². The topological polar surface area (TPSA) is 69.2 Å². The van der Waals surface area contributed by atoms with Gasteiger partial charge in [0.05, 0.1) is 11.8 Å². The first kappa shape index (κ1) is 13.1.